The molecule has 22 heavy (non-hydrogen) atoms. The summed E-state index contributed by atoms with van der Waals surface area (Å²) in [6.07, 6.45) is 5.52. The lowest BCUT2D eigenvalue weighted by molar-refractivity contribution is 0.279. The maximum absolute atomic E-state index is 8.81. The third-order valence-electron chi connectivity index (χ3n) is 2.83. The van der Waals surface area contributed by atoms with E-state index in [-0.39, 0.29) is 0 Å². The van der Waals surface area contributed by atoms with Gasteiger partial charge in [0.25, 0.3) is 5.88 Å². The molecule has 0 saturated carbocycles. The van der Waals surface area contributed by atoms with Gasteiger partial charge in [0, 0.05) is 0 Å². The SMILES string of the molecule is CCCCOc1nc(SC)ncc1Oc1ccc(C#N)cc1. The molecular weight excluding hydrogens is 298 g/mol. The zero-order valence-electron chi connectivity index (χ0n) is 12.6. The summed E-state index contributed by atoms with van der Waals surface area (Å²) in [5.74, 6) is 1.52. The lowest BCUT2D eigenvalue weighted by atomic mass is 10.2. The third-order valence-corrected chi connectivity index (χ3v) is 3.39. The van der Waals surface area contributed by atoms with Crippen molar-refractivity contribution in [2.45, 2.75) is 24.9 Å². The Hall–Kier alpha value is -2.26. The van der Waals surface area contributed by atoms with Gasteiger partial charge in [-0.05, 0) is 36.9 Å². The van der Waals surface area contributed by atoms with Gasteiger partial charge >= 0.3 is 0 Å². The minimum atomic E-state index is 0.442. The molecule has 0 aliphatic carbocycles. The Balaban J connectivity index is 2.18. The quantitative estimate of drug-likeness (QED) is 0.436. The number of ether oxygens (including phenoxy) is 2. The Morgan fingerprint density at radius 1 is 1.27 bits per heavy atom. The van der Waals surface area contributed by atoms with Gasteiger partial charge in [0.2, 0.25) is 5.75 Å². The van der Waals surface area contributed by atoms with E-state index in [1.165, 1.54) is 11.8 Å². The average Bonchev–Trinajstić information content (AvgIpc) is 2.57. The van der Waals surface area contributed by atoms with E-state index in [9.17, 15) is 0 Å². The van der Waals surface area contributed by atoms with Gasteiger partial charge in [-0.2, -0.15) is 10.2 Å². The summed E-state index contributed by atoms with van der Waals surface area (Å²) < 4.78 is 11.5. The number of nitriles is 1. The number of thioether (sulfide) groups is 1. The fourth-order valence-corrected chi connectivity index (χ4v) is 1.98. The van der Waals surface area contributed by atoms with Crippen molar-refractivity contribution < 1.29 is 9.47 Å². The highest BCUT2D eigenvalue weighted by atomic mass is 32.2. The summed E-state index contributed by atoms with van der Waals surface area (Å²) in [5.41, 5.74) is 0.584. The molecule has 0 N–H and O–H groups in total. The van der Waals surface area contributed by atoms with E-state index < -0.39 is 0 Å². The zero-order chi connectivity index (χ0) is 15.8. The van der Waals surface area contributed by atoms with Crippen LogP contribution in [0.2, 0.25) is 0 Å². The highest BCUT2D eigenvalue weighted by Crippen LogP contribution is 2.30. The van der Waals surface area contributed by atoms with Crippen molar-refractivity contribution in [2.24, 2.45) is 0 Å². The minimum absolute atomic E-state index is 0.442. The smallest absolute Gasteiger partial charge is 0.261 e. The molecule has 0 amide bonds. The molecule has 0 aliphatic heterocycles. The van der Waals surface area contributed by atoms with Gasteiger partial charge in [0.1, 0.15) is 5.75 Å². The van der Waals surface area contributed by atoms with E-state index in [2.05, 4.69) is 23.0 Å². The molecule has 1 aromatic carbocycles. The first kappa shape index (κ1) is 16.1. The molecule has 0 unspecified atom stereocenters. The van der Waals surface area contributed by atoms with Crippen LogP contribution in [0.25, 0.3) is 0 Å². The fourth-order valence-electron chi connectivity index (χ4n) is 1.65. The van der Waals surface area contributed by atoms with E-state index >= 15 is 0 Å². The number of hydrogen-bond donors (Lipinski definition) is 0. The molecule has 0 spiro atoms. The van der Waals surface area contributed by atoms with Crippen molar-refractivity contribution in [3.05, 3.63) is 36.0 Å². The van der Waals surface area contributed by atoms with Crippen LogP contribution in [0, 0.1) is 11.3 Å². The number of nitrogens with zero attached hydrogens (tertiary/aromatic N) is 3. The molecule has 1 aromatic heterocycles. The van der Waals surface area contributed by atoms with Crippen LogP contribution in [0.1, 0.15) is 25.3 Å². The lowest BCUT2D eigenvalue weighted by Crippen LogP contribution is -2.02. The first-order valence-corrected chi connectivity index (χ1v) is 8.21. The largest absolute Gasteiger partial charge is 0.475 e. The van der Waals surface area contributed by atoms with Crippen molar-refractivity contribution in [1.29, 1.82) is 5.26 Å². The predicted octanol–water partition coefficient (Wildman–Crippen LogP) is 4.04. The first-order valence-electron chi connectivity index (χ1n) is 6.98. The molecule has 5 nitrogen and oxygen atoms in total. The highest BCUT2D eigenvalue weighted by molar-refractivity contribution is 7.98. The summed E-state index contributed by atoms with van der Waals surface area (Å²) in [4.78, 5) is 8.56. The molecule has 0 fully saturated rings. The number of rotatable bonds is 7. The standard InChI is InChI=1S/C16H17N3O2S/c1-3-4-9-20-15-14(11-18-16(19-15)22-2)21-13-7-5-12(10-17)6-8-13/h5-8,11H,3-4,9H2,1-2H3. The van der Waals surface area contributed by atoms with Crippen LogP contribution in [0.15, 0.2) is 35.6 Å². The Bertz CT molecular complexity index is 653. The summed E-state index contributed by atoms with van der Waals surface area (Å²) in [6.45, 7) is 2.69. The zero-order valence-corrected chi connectivity index (χ0v) is 13.4. The van der Waals surface area contributed by atoms with Gasteiger partial charge in [-0.1, -0.05) is 25.1 Å². The van der Waals surface area contributed by atoms with E-state index in [0.29, 0.717) is 34.7 Å². The highest BCUT2D eigenvalue weighted by Gasteiger charge is 2.11. The van der Waals surface area contributed by atoms with Crippen molar-refractivity contribution >= 4 is 11.8 Å². The first-order chi connectivity index (χ1) is 10.8. The summed E-state index contributed by atoms with van der Waals surface area (Å²) in [5, 5.41) is 9.45. The normalized spacial score (nSPS) is 10.0. The molecule has 0 bridgehead atoms. The van der Waals surface area contributed by atoms with E-state index in [0.717, 1.165) is 12.8 Å². The Morgan fingerprint density at radius 3 is 2.68 bits per heavy atom. The molecule has 2 rings (SSSR count). The maximum atomic E-state index is 8.81. The van der Waals surface area contributed by atoms with Crippen LogP contribution in [0.4, 0.5) is 0 Å². The van der Waals surface area contributed by atoms with Crippen LogP contribution in [-0.4, -0.2) is 22.8 Å². The van der Waals surface area contributed by atoms with E-state index in [1.807, 2.05) is 6.26 Å². The van der Waals surface area contributed by atoms with E-state index in [4.69, 9.17) is 14.7 Å². The fraction of sp³-hybridized carbons (Fsp3) is 0.312. The number of unbranched alkanes of at least 4 members (excludes halogenated alkanes) is 1. The second kappa shape index (κ2) is 8.25. The predicted molar refractivity (Wildman–Crippen MR) is 85.4 cm³/mol. The van der Waals surface area contributed by atoms with Gasteiger partial charge < -0.3 is 9.47 Å². The van der Waals surface area contributed by atoms with Gasteiger partial charge in [0.05, 0.1) is 24.4 Å². The number of benzene rings is 1. The van der Waals surface area contributed by atoms with Crippen molar-refractivity contribution in [1.82, 2.24) is 9.97 Å². The Labute approximate surface area is 134 Å². The van der Waals surface area contributed by atoms with Gasteiger partial charge in [-0.3, -0.25) is 0 Å². The third kappa shape index (κ3) is 4.37. The van der Waals surface area contributed by atoms with Crippen molar-refractivity contribution in [3.8, 4) is 23.4 Å². The van der Waals surface area contributed by atoms with Gasteiger partial charge in [0.15, 0.2) is 5.16 Å². The number of aromatic nitrogens is 2. The molecule has 6 heteroatoms. The summed E-state index contributed by atoms with van der Waals surface area (Å²) in [6, 6.07) is 8.93. The Morgan fingerprint density at radius 2 is 2.05 bits per heavy atom. The topological polar surface area (TPSA) is 68.0 Å². The lowest BCUT2D eigenvalue weighted by Gasteiger charge is -2.11. The van der Waals surface area contributed by atoms with Crippen LogP contribution in [0.3, 0.4) is 0 Å². The van der Waals surface area contributed by atoms with Crippen molar-refractivity contribution in [3.63, 3.8) is 0 Å². The van der Waals surface area contributed by atoms with Gasteiger partial charge in [-0.15, -0.1) is 0 Å². The average molecular weight is 315 g/mol. The molecule has 1 heterocycles. The minimum Gasteiger partial charge on any atom is -0.475 e. The summed E-state index contributed by atoms with van der Waals surface area (Å²) in [7, 11) is 0. The molecule has 0 atom stereocenters. The molecule has 0 aliphatic rings. The van der Waals surface area contributed by atoms with E-state index in [1.54, 1.807) is 30.5 Å². The Kier molecular flexibility index (Phi) is 6.04. The van der Waals surface area contributed by atoms with Crippen molar-refractivity contribution in [2.75, 3.05) is 12.9 Å². The molecule has 0 radical (unpaired) electrons. The molecule has 0 saturated heterocycles. The second-order valence-electron chi connectivity index (χ2n) is 4.47. The van der Waals surface area contributed by atoms with Crippen LogP contribution < -0.4 is 9.47 Å². The second-order valence-corrected chi connectivity index (χ2v) is 5.24. The van der Waals surface area contributed by atoms with Crippen LogP contribution in [0.5, 0.6) is 17.4 Å². The van der Waals surface area contributed by atoms with Crippen LogP contribution in [-0.2, 0) is 0 Å². The monoisotopic (exact) mass is 315 g/mol. The van der Waals surface area contributed by atoms with Gasteiger partial charge in [-0.25, -0.2) is 4.98 Å². The molecular formula is C16H17N3O2S. The summed E-state index contributed by atoms with van der Waals surface area (Å²) >= 11 is 1.45. The number of hydrogen-bond acceptors (Lipinski definition) is 6. The molecule has 2 aromatic rings. The maximum Gasteiger partial charge on any atom is 0.261 e. The molecule has 114 valence electrons. The van der Waals surface area contributed by atoms with Crippen LogP contribution >= 0.6 is 11.8 Å².